The van der Waals surface area contributed by atoms with Crippen LogP contribution in [0.15, 0.2) is 23.1 Å². The van der Waals surface area contributed by atoms with Gasteiger partial charge in [0.05, 0.1) is 0 Å². The van der Waals surface area contributed by atoms with E-state index in [1.165, 1.54) is 6.92 Å². The summed E-state index contributed by atoms with van der Waals surface area (Å²) in [5.74, 6) is -3.51. The fraction of sp³-hybridized carbons (Fsp3) is 0.364. The number of hydrogen-bond acceptors (Lipinski definition) is 3. The summed E-state index contributed by atoms with van der Waals surface area (Å²) in [7, 11) is -3.29. The summed E-state index contributed by atoms with van der Waals surface area (Å²) >= 11 is 0. The average Bonchev–Trinajstić information content (AvgIpc) is 2.28. The Kier molecular flexibility index (Phi) is 4.59. The maximum Gasteiger partial charge on any atom is 0.321 e. The second-order valence-electron chi connectivity index (χ2n) is 3.86. The van der Waals surface area contributed by atoms with Gasteiger partial charge in [0.1, 0.15) is 22.6 Å². The zero-order valence-corrected chi connectivity index (χ0v) is 11.1. The molecule has 0 aromatic heterocycles. The molecule has 0 spiro atoms. The number of carboxylic acid groups (broad SMARTS) is 1. The molecule has 1 aromatic carbocycles. The molecule has 19 heavy (non-hydrogen) atoms. The normalized spacial score (nSPS) is 13.5. The van der Waals surface area contributed by atoms with Crippen molar-refractivity contribution in [2.24, 2.45) is 0 Å². The highest BCUT2D eigenvalue weighted by Crippen LogP contribution is 2.21. The van der Waals surface area contributed by atoms with Gasteiger partial charge in [-0.2, -0.15) is 4.31 Å². The van der Waals surface area contributed by atoms with Gasteiger partial charge in [0.25, 0.3) is 0 Å². The largest absolute Gasteiger partial charge is 0.480 e. The lowest BCUT2D eigenvalue weighted by Gasteiger charge is -2.23. The summed E-state index contributed by atoms with van der Waals surface area (Å²) in [5, 5.41) is 8.91. The van der Waals surface area contributed by atoms with Crippen molar-refractivity contribution in [2.75, 3.05) is 7.05 Å². The van der Waals surface area contributed by atoms with Gasteiger partial charge < -0.3 is 5.11 Å². The highest BCUT2D eigenvalue weighted by molar-refractivity contribution is 7.89. The number of sulfonamides is 1. The number of benzene rings is 1. The van der Waals surface area contributed by atoms with E-state index in [-0.39, 0.29) is 6.42 Å². The molecule has 5 nitrogen and oxygen atoms in total. The summed E-state index contributed by atoms with van der Waals surface area (Å²) in [5.41, 5.74) is 0. The standard InChI is InChI=1S/C11H13F2NO4S/c1-3-9(11(15)16)14(2)19(17,18)10-5-4-7(12)6-8(10)13/h4-6,9H,3H2,1-2H3,(H,15,16). The van der Waals surface area contributed by atoms with Crippen LogP contribution in [0.2, 0.25) is 0 Å². The zero-order valence-electron chi connectivity index (χ0n) is 10.3. The van der Waals surface area contributed by atoms with Gasteiger partial charge in [-0.3, -0.25) is 4.79 Å². The quantitative estimate of drug-likeness (QED) is 0.891. The van der Waals surface area contributed by atoms with Crippen LogP contribution in [0, 0.1) is 11.6 Å². The molecule has 0 aliphatic heterocycles. The van der Waals surface area contributed by atoms with E-state index in [4.69, 9.17) is 5.11 Å². The third-order valence-electron chi connectivity index (χ3n) is 2.66. The second-order valence-corrected chi connectivity index (χ2v) is 5.82. The number of likely N-dealkylation sites (N-methyl/N-ethyl adjacent to an activating group) is 1. The van der Waals surface area contributed by atoms with Gasteiger partial charge in [0.15, 0.2) is 0 Å². The van der Waals surface area contributed by atoms with Gasteiger partial charge in [-0.1, -0.05) is 6.92 Å². The highest BCUT2D eigenvalue weighted by Gasteiger charge is 2.33. The van der Waals surface area contributed by atoms with Crippen LogP contribution < -0.4 is 0 Å². The molecule has 0 heterocycles. The van der Waals surface area contributed by atoms with Crippen molar-refractivity contribution in [1.82, 2.24) is 4.31 Å². The van der Waals surface area contributed by atoms with Crippen molar-refractivity contribution in [1.29, 1.82) is 0 Å². The molecule has 1 N–H and O–H groups in total. The first-order valence-corrected chi connectivity index (χ1v) is 6.81. The van der Waals surface area contributed by atoms with E-state index in [2.05, 4.69) is 0 Å². The van der Waals surface area contributed by atoms with Crippen LogP contribution in [0.4, 0.5) is 8.78 Å². The van der Waals surface area contributed by atoms with E-state index in [0.29, 0.717) is 10.4 Å². The number of aliphatic carboxylic acids is 1. The van der Waals surface area contributed by atoms with E-state index in [9.17, 15) is 22.0 Å². The SMILES string of the molecule is CCC(C(=O)O)N(C)S(=O)(=O)c1ccc(F)cc1F. The molecule has 0 radical (unpaired) electrons. The average molecular weight is 293 g/mol. The number of carboxylic acids is 1. The molecule has 0 amide bonds. The van der Waals surface area contributed by atoms with Gasteiger partial charge in [-0.05, 0) is 18.6 Å². The van der Waals surface area contributed by atoms with E-state index >= 15 is 0 Å². The van der Waals surface area contributed by atoms with Gasteiger partial charge >= 0.3 is 5.97 Å². The lowest BCUT2D eigenvalue weighted by Crippen LogP contribution is -2.42. The molecule has 1 rings (SSSR count). The Morgan fingerprint density at radius 1 is 1.42 bits per heavy atom. The summed E-state index contributed by atoms with van der Waals surface area (Å²) in [6.45, 7) is 1.49. The molecule has 0 fully saturated rings. The molecular formula is C11H13F2NO4S. The van der Waals surface area contributed by atoms with E-state index in [0.717, 1.165) is 19.2 Å². The van der Waals surface area contributed by atoms with Crippen LogP contribution in [0.3, 0.4) is 0 Å². The molecule has 1 aromatic rings. The fourth-order valence-electron chi connectivity index (χ4n) is 1.59. The van der Waals surface area contributed by atoms with Gasteiger partial charge in [-0.25, -0.2) is 17.2 Å². The first-order chi connectivity index (χ1) is 8.71. The van der Waals surface area contributed by atoms with Crippen LogP contribution >= 0.6 is 0 Å². The topological polar surface area (TPSA) is 74.7 Å². The third kappa shape index (κ3) is 3.07. The number of rotatable bonds is 5. The van der Waals surface area contributed by atoms with Gasteiger partial charge in [0, 0.05) is 13.1 Å². The Balaban J connectivity index is 3.27. The van der Waals surface area contributed by atoms with E-state index < -0.39 is 38.6 Å². The Labute approximate surface area is 109 Å². The van der Waals surface area contributed by atoms with Crippen molar-refractivity contribution in [2.45, 2.75) is 24.3 Å². The Morgan fingerprint density at radius 3 is 2.42 bits per heavy atom. The van der Waals surface area contributed by atoms with E-state index in [1.807, 2.05) is 0 Å². The zero-order chi connectivity index (χ0) is 14.8. The molecule has 0 saturated heterocycles. The second kappa shape index (κ2) is 5.62. The van der Waals surface area contributed by atoms with Crippen LogP contribution in [0.5, 0.6) is 0 Å². The van der Waals surface area contributed by atoms with Crippen molar-refractivity contribution in [3.63, 3.8) is 0 Å². The molecule has 0 aliphatic rings. The van der Waals surface area contributed by atoms with Crippen molar-refractivity contribution in [3.05, 3.63) is 29.8 Å². The Bertz CT molecular complexity index is 588. The fourth-order valence-corrected chi connectivity index (χ4v) is 3.02. The van der Waals surface area contributed by atoms with Crippen LogP contribution in [-0.4, -0.2) is 36.9 Å². The van der Waals surface area contributed by atoms with Crippen LogP contribution in [-0.2, 0) is 14.8 Å². The lowest BCUT2D eigenvalue weighted by molar-refractivity contribution is -0.141. The smallest absolute Gasteiger partial charge is 0.321 e. The molecule has 0 bridgehead atoms. The lowest BCUT2D eigenvalue weighted by atomic mass is 10.2. The van der Waals surface area contributed by atoms with E-state index in [1.54, 1.807) is 0 Å². The maximum absolute atomic E-state index is 13.5. The molecule has 0 aliphatic carbocycles. The number of nitrogens with zero attached hydrogens (tertiary/aromatic N) is 1. The number of hydrogen-bond donors (Lipinski definition) is 1. The van der Waals surface area contributed by atoms with Crippen molar-refractivity contribution >= 4 is 16.0 Å². The van der Waals surface area contributed by atoms with Crippen LogP contribution in [0.25, 0.3) is 0 Å². The first-order valence-electron chi connectivity index (χ1n) is 5.37. The first kappa shape index (κ1) is 15.5. The summed E-state index contributed by atoms with van der Waals surface area (Å²) < 4.78 is 50.9. The minimum atomic E-state index is -4.33. The molecule has 1 unspecified atom stereocenters. The summed E-state index contributed by atoms with van der Waals surface area (Å²) in [4.78, 5) is 10.2. The van der Waals surface area contributed by atoms with Gasteiger partial charge in [0.2, 0.25) is 10.0 Å². The molecule has 0 saturated carbocycles. The molecule has 8 heteroatoms. The number of halogens is 2. The highest BCUT2D eigenvalue weighted by atomic mass is 32.2. The Hall–Kier alpha value is -1.54. The van der Waals surface area contributed by atoms with Crippen LogP contribution in [0.1, 0.15) is 13.3 Å². The Morgan fingerprint density at radius 2 is 2.00 bits per heavy atom. The van der Waals surface area contributed by atoms with Crippen molar-refractivity contribution in [3.8, 4) is 0 Å². The van der Waals surface area contributed by atoms with Crippen molar-refractivity contribution < 1.29 is 27.1 Å². The number of carbonyl (C=O) groups is 1. The monoisotopic (exact) mass is 293 g/mol. The minimum absolute atomic E-state index is 0.0217. The predicted octanol–water partition coefficient (Wildman–Crippen LogP) is 1.45. The maximum atomic E-state index is 13.5. The minimum Gasteiger partial charge on any atom is -0.480 e. The molecular weight excluding hydrogens is 280 g/mol. The molecule has 1 atom stereocenters. The molecule has 106 valence electrons. The third-order valence-corrected chi connectivity index (χ3v) is 4.56. The summed E-state index contributed by atoms with van der Waals surface area (Å²) in [6, 6.07) is 0.688. The van der Waals surface area contributed by atoms with Gasteiger partial charge in [-0.15, -0.1) is 0 Å². The predicted molar refractivity (Wildman–Crippen MR) is 63.0 cm³/mol. The summed E-state index contributed by atoms with van der Waals surface area (Å²) in [6.07, 6.45) is 0.0217.